The molecule has 1 atom stereocenters. The van der Waals surface area contributed by atoms with Crippen molar-refractivity contribution in [3.05, 3.63) is 62.7 Å². The summed E-state index contributed by atoms with van der Waals surface area (Å²) in [7, 11) is 0. The van der Waals surface area contributed by atoms with Crippen LogP contribution < -0.4 is 4.74 Å². The molecule has 1 nitrogen and oxygen atoms in total. The average molecular weight is 371 g/mol. The van der Waals surface area contributed by atoms with E-state index in [4.69, 9.17) is 16.3 Å². The van der Waals surface area contributed by atoms with Gasteiger partial charge >= 0.3 is 0 Å². The quantitative estimate of drug-likeness (QED) is 0.556. The first-order chi connectivity index (χ1) is 8.74. The lowest BCUT2D eigenvalue weighted by molar-refractivity contribution is 0.357. The summed E-state index contributed by atoms with van der Waals surface area (Å²) in [5.41, 5.74) is 3.55. The number of rotatable bonds is 2. The van der Waals surface area contributed by atoms with Crippen LogP contribution in [-0.4, -0.2) is 6.61 Å². The van der Waals surface area contributed by atoms with Crippen LogP contribution in [0.25, 0.3) is 0 Å². The molecule has 0 radical (unpaired) electrons. The molecule has 1 unspecified atom stereocenters. The average Bonchev–Trinajstić information content (AvgIpc) is 2.85. The van der Waals surface area contributed by atoms with Gasteiger partial charge in [0.1, 0.15) is 5.75 Å². The minimum absolute atomic E-state index is 0.0920. The largest absolute Gasteiger partial charge is 0.493 e. The van der Waals surface area contributed by atoms with Gasteiger partial charge in [0.2, 0.25) is 0 Å². The molecule has 0 aliphatic carbocycles. The molecule has 2 aromatic rings. The Balaban J connectivity index is 1.95. The van der Waals surface area contributed by atoms with Crippen LogP contribution >= 0.6 is 34.2 Å². The number of hydrogen-bond donors (Lipinski definition) is 0. The van der Waals surface area contributed by atoms with Gasteiger partial charge in [0.25, 0.3) is 0 Å². The standard InChI is InChI=1S/C15H12ClIO/c16-15(11-2-1-3-13(17)9-11)12-4-5-14-10(8-12)6-7-18-14/h1-5,8-9,15H,6-7H2. The number of alkyl halides is 1. The van der Waals surface area contributed by atoms with Crippen molar-refractivity contribution < 1.29 is 4.74 Å². The smallest absolute Gasteiger partial charge is 0.122 e. The van der Waals surface area contributed by atoms with Crippen LogP contribution in [0.3, 0.4) is 0 Å². The summed E-state index contributed by atoms with van der Waals surface area (Å²) in [5.74, 6) is 1.00. The summed E-state index contributed by atoms with van der Waals surface area (Å²) < 4.78 is 6.72. The van der Waals surface area contributed by atoms with Crippen LogP contribution in [0.2, 0.25) is 0 Å². The van der Waals surface area contributed by atoms with Crippen LogP contribution in [0.15, 0.2) is 42.5 Å². The third-order valence-electron chi connectivity index (χ3n) is 3.15. The highest BCUT2D eigenvalue weighted by molar-refractivity contribution is 14.1. The second kappa shape index (κ2) is 5.10. The first-order valence-corrected chi connectivity index (χ1v) is 7.41. The lowest BCUT2D eigenvalue weighted by atomic mass is 10.0. The molecular weight excluding hydrogens is 359 g/mol. The van der Waals surface area contributed by atoms with E-state index >= 15 is 0 Å². The van der Waals surface area contributed by atoms with Crippen molar-refractivity contribution in [3.63, 3.8) is 0 Å². The van der Waals surface area contributed by atoms with Gasteiger partial charge < -0.3 is 4.74 Å². The normalized spacial score (nSPS) is 15.0. The minimum atomic E-state index is -0.0920. The molecule has 3 heteroatoms. The van der Waals surface area contributed by atoms with Crippen molar-refractivity contribution in [2.24, 2.45) is 0 Å². The Kier molecular flexibility index (Phi) is 3.48. The Morgan fingerprint density at radius 1 is 1.11 bits per heavy atom. The zero-order valence-electron chi connectivity index (χ0n) is 9.70. The molecule has 0 bridgehead atoms. The highest BCUT2D eigenvalue weighted by atomic mass is 127. The molecule has 1 aliphatic rings. The van der Waals surface area contributed by atoms with Crippen LogP contribution in [-0.2, 0) is 6.42 Å². The first-order valence-electron chi connectivity index (χ1n) is 5.89. The van der Waals surface area contributed by atoms with E-state index in [1.807, 2.05) is 12.1 Å². The van der Waals surface area contributed by atoms with E-state index < -0.39 is 0 Å². The summed E-state index contributed by atoms with van der Waals surface area (Å²) in [4.78, 5) is 0. The van der Waals surface area contributed by atoms with E-state index in [2.05, 4.69) is 52.9 Å². The summed E-state index contributed by atoms with van der Waals surface area (Å²) in [6.45, 7) is 0.787. The van der Waals surface area contributed by atoms with E-state index in [1.165, 1.54) is 9.13 Å². The number of hydrogen-bond acceptors (Lipinski definition) is 1. The summed E-state index contributed by atoms with van der Waals surface area (Å²) in [6.07, 6.45) is 0.985. The van der Waals surface area contributed by atoms with Gasteiger partial charge in [-0.2, -0.15) is 0 Å². The molecule has 1 heterocycles. The SMILES string of the molecule is ClC(c1cccc(I)c1)c1ccc2c(c1)CCO2. The number of ether oxygens (including phenoxy) is 1. The van der Waals surface area contributed by atoms with Gasteiger partial charge in [-0.05, 0) is 57.5 Å². The Bertz CT molecular complexity index is 582. The molecule has 1 aliphatic heterocycles. The number of halogens is 2. The lowest BCUT2D eigenvalue weighted by Crippen LogP contribution is -1.94. The molecule has 0 fully saturated rings. The molecule has 0 saturated heterocycles. The fourth-order valence-electron chi connectivity index (χ4n) is 2.22. The van der Waals surface area contributed by atoms with Gasteiger partial charge in [0.05, 0.1) is 12.0 Å². The molecule has 92 valence electrons. The van der Waals surface area contributed by atoms with Crippen molar-refractivity contribution in [1.82, 2.24) is 0 Å². The molecule has 0 saturated carbocycles. The van der Waals surface area contributed by atoms with E-state index in [-0.39, 0.29) is 5.38 Å². The molecule has 2 aromatic carbocycles. The third-order valence-corrected chi connectivity index (χ3v) is 4.32. The van der Waals surface area contributed by atoms with Crippen LogP contribution in [0, 0.1) is 3.57 Å². The third kappa shape index (κ3) is 2.36. The highest BCUT2D eigenvalue weighted by Crippen LogP contribution is 2.34. The second-order valence-electron chi connectivity index (χ2n) is 4.38. The second-order valence-corrected chi connectivity index (χ2v) is 6.07. The Morgan fingerprint density at radius 2 is 1.94 bits per heavy atom. The van der Waals surface area contributed by atoms with Gasteiger partial charge in [-0.1, -0.05) is 24.3 Å². The van der Waals surface area contributed by atoms with E-state index in [1.54, 1.807) is 0 Å². The molecule has 0 aromatic heterocycles. The number of benzene rings is 2. The molecule has 18 heavy (non-hydrogen) atoms. The van der Waals surface area contributed by atoms with E-state index in [0.29, 0.717) is 0 Å². The molecule has 0 spiro atoms. The van der Waals surface area contributed by atoms with Crippen LogP contribution in [0.1, 0.15) is 22.1 Å². The zero-order valence-corrected chi connectivity index (χ0v) is 12.6. The molecule has 3 rings (SSSR count). The predicted octanol–water partition coefficient (Wildman–Crippen LogP) is 4.55. The number of fused-ring (bicyclic) bond motifs is 1. The Hall–Kier alpha value is -0.740. The van der Waals surface area contributed by atoms with Crippen molar-refractivity contribution >= 4 is 34.2 Å². The van der Waals surface area contributed by atoms with Gasteiger partial charge in [0, 0.05) is 9.99 Å². The minimum Gasteiger partial charge on any atom is -0.493 e. The fraction of sp³-hybridized carbons (Fsp3) is 0.200. The van der Waals surface area contributed by atoms with Gasteiger partial charge in [-0.3, -0.25) is 0 Å². The van der Waals surface area contributed by atoms with Crippen molar-refractivity contribution in [3.8, 4) is 5.75 Å². The van der Waals surface area contributed by atoms with Crippen molar-refractivity contribution in [2.75, 3.05) is 6.61 Å². The maximum absolute atomic E-state index is 6.56. The van der Waals surface area contributed by atoms with Gasteiger partial charge in [0.15, 0.2) is 0 Å². The molecule has 0 N–H and O–H groups in total. The van der Waals surface area contributed by atoms with E-state index in [0.717, 1.165) is 29.9 Å². The first kappa shape index (κ1) is 12.3. The lowest BCUT2D eigenvalue weighted by Gasteiger charge is -2.12. The Labute approximate surface area is 125 Å². The summed E-state index contributed by atoms with van der Waals surface area (Å²) in [5, 5.41) is -0.0920. The van der Waals surface area contributed by atoms with Crippen LogP contribution in [0.4, 0.5) is 0 Å². The Morgan fingerprint density at radius 3 is 2.78 bits per heavy atom. The topological polar surface area (TPSA) is 9.23 Å². The monoisotopic (exact) mass is 370 g/mol. The fourth-order valence-corrected chi connectivity index (χ4v) is 3.06. The van der Waals surface area contributed by atoms with E-state index in [9.17, 15) is 0 Å². The van der Waals surface area contributed by atoms with Crippen molar-refractivity contribution in [2.45, 2.75) is 11.8 Å². The summed E-state index contributed by atoms with van der Waals surface area (Å²) >= 11 is 8.87. The zero-order chi connectivity index (χ0) is 12.5. The maximum atomic E-state index is 6.56. The predicted molar refractivity (Wildman–Crippen MR) is 82.5 cm³/mol. The van der Waals surface area contributed by atoms with Crippen LogP contribution in [0.5, 0.6) is 5.75 Å². The van der Waals surface area contributed by atoms with Gasteiger partial charge in [-0.15, -0.1) is 11.6 Å². The highest BCUT2D eigenvalue weighted by Gasteiger charge is 2.16. The van der Waals surface area contributed by atoms with Crippen molar-refractivity contribution in [1.29, 1.82) is 0 Å². The maximum Gasteiger partial charge on any atom is 0.122 e. The summed E-state index contributed by atoms with van der Waals surface area (Å²) in [6, 6.07) is 14.6. The van der Waals surface area contributed by atoms with Gasteiger partial charge in [-0.25, -0.2) is 0 Å². The molecular formula is C15H12ClIO. The molecule has 0 amide bonds.